The number of methoxy groups -OCH3 is 1. The van der Waals surface area contributed by atoms with E-state index in [0.717, 1.165) is 10.5 Å². The molecule has 34 heavy (non-hydrogen) atoms. The molecule has 1 heterocycles. The van der Waals surface area contributed by atoms with Crippen LogP contribution in [0.2, 0.25) is 0 Å². The number of aromatic nitrogens is 1. The minimum atomic E-state index is -3.89. The molecule has 10 heteroatoms. The molecule has 1 aromatic heterocycles. The number of unbranched alkanes of at least 4 members (excludes halogenated alkanes) is 1. The molecule has 3 rings (SSSR count). The van der Waals surface area contributed by atoms with Crippen LogP contribution in [0, 0.1) is 4.91 Å². The number of aryl methyl sites for hydroxylation is 1. The first-order chi connectivity index (χ1) is 16.1. The number of nitrogens with zero attached hydrogens (tertiary/aromatic N) is 2. The second kappa shape index (κ2) is 11.1. The van der Waals surface area contributed by atoms with Gasteiger partial charge in [0.15, 0.2) is 11.6 Å². The molecular formula is C24H29N3O5S2. The number of nitrogens with one attached hydrogen (secondary N) is 1. The van der Waals surface area contributed by atoms with E-state index in [0.29, 0.717) is 35.7 Å². The zero-order chi connectivity index (χ0) is 24.8. The van der Waals surface area contributed by atoms with Crippen LogP contribution >= 0.6 is 11.8 Å². The molecular weight excluding hydrogens is 474 g/mol. The highest BCUT2D eigenvalue weighted by atomic mass is 32.2. The number of hydrogen-bond donors (Lipinski definition) is 1. The summed E-state index contributed by atoms with van der Waals surface area (Å²) in [4.78, 5) is 11.9. The predicted molar refractivity (Wildman–Crippen MR) is 133 cm³/mol. The molecule has 0 saturated heterocycles. The van der Waals surface area contributed by atoms with Gasteiger partial charge in [0, 0.05) is 11.3 Å². The Bertz CT molecular complexity index is 1220. The van der Waals surface area contributed by atoms with Gasteiger partial charge in [0.05, 0.1) is 18.6 Å². The van der Waals surface area contributed by atoms with E-state index in [-0.39, 0.29) is 22.7 Å². The summed E-state index contributed by atoms with van der Waals surface area (Å²) in [6, 6.07) is 14.2. The Kier molecular flexibility index (Phi) is 8.37. The molecule has 0 amide bonds. The highest BCUT2D eigenvalue weighted by molar-refractivity contribution is 7.99. The highest BCUT2D eigenvalue weighted by Crippen LogP contribution is 2.39. The predicted octanol–water partition coefficient (Wildman–Crippen LogP) is 6.02. The van der Waals surface area contributed by atoms with Gasteiger partial charge in [0.2, 0.25) is 0 Å². The molecule has 0 fully saturated rings. The van der Waals surface area contributed by atoms with Crippen molar-refractivity contribution in [2.45, 2.75) is 60.1 Å². The average Bonchev–Trinajstić information content (AvgIpc) is 3.16. The summed E-state index contributed by atoms with van der Waals surface area (Å²) >= 11 is 1.33. The van der Waals surface area contributed by atoms with Gasteiger partial charge in [0.25, 0.3) is 10.0 Å². The van der Waals surface area contributed by atoms with Gasteiger partial charge in [-0.05, 0) is 54.2 Å². The maximum absolute atomic E-state index is 13.1. The van der Waals surface area contributed by atoms with Crippen molar-refractivity contribution in [2.75, 3.05) is 18.4 Å². The minimum Gasteiger partial charge on any atom is -0.497 e. The molecule has 182 valence electrons. The van der Waals surface area contributed by atoms with Crippen molar-refractivity contribution >= 4 is 27.6 Å². The topological polar surface area (TPSA) is 111 Å². The summed E-state index contributed by atoms with van der Waals surface area (Å²) in [7, 11) is -2.30. The lowest BCUT2D eigenvalue weighted by Gasteiger charge is -2.19. The van der Waals surface area contributed by atoms with E-state index >= 15 is 0 Å². The molecule has 0 atom stereocenters. The fourth-order valence-electron chi connectivity index (χ4n) is 3.21. The number of sulfonamides is 1. The largest absolute Gasteiger partial charge is 0.497 e. The lowest BCUT2D eigenvalue weighted by Crippen LogP contribution is -2.15. The maximum atomic E-state index is 13.1. The average molecular weight is 504 g/mol. The van der Waals surface area contributed by atoms with Gasteiger partial charge in [0.1, 0.15) is 10.6 Å². The van der Waals surface area contributed by atoms with Crippen molar-refractivity contribution < 1.29 is 17.7 Å². The normalized spacial score (nSPS) is 11.9. The van der Waals surface area contributed by atoms with Crippen LogP contribution in [0.5, 0.6) is 5.75 Å². The number of ether oxygens (including phenoxy) is 1. The smallest absolute Gasteiger partial charge is 0.263 e. The van der Waals surface area contributed by atoms with Crippen LogP contribution in [0.1, 0.15) is 44.9 Å². The highest BCUT2D eigenvalue weighted by Gasteiger charge is 2.24. The van der Waals surface area contributed by atoms with Crippen LogP contribution in [0.15, 0.2) is 72.9 Å². The molecule has 2 aromatic carbocycles. The van der Waals surface area contributed by atoms with Crippen LogP contribution in [-0.4, -0.2) is 27.2 Å². The van der Waals surface area contributed by atoms with E-state index in [4.69, 9.17) is 9.26 Å². The molecule has 3 aromatic rings. The first kappa shape index (κ1) is 25.8. The number of anilines is 1. The quantitative estimate of drug-likeness (QED) is 0.251. The van der Waals surface area contributed by atoms with Crippen molar-refractivity contribution in [3.63, 3.8) is 0 Å². The molecule has 0 spiro atoms. The summed E-state index contributed by atoms with van der Waals surface area (Å²) < 4.78 is 39.6. The Balaban J connectivity index is 1.89. The first-order valence-electron chi connectivity index (χ1n) is 10.9. The van der Waals surface area contributed by atoms with Gasteiger partial charge >= 0.3 is 0 Å². The third kappa shape index (κ3) is 6.60. The molecule has 0 aliphatic heterocycles. The van der Waals surface area contributed by atoms with Crippen molar-refractivity contribution in [1.29, 1.82) is 0 Å². The standard InChI is InChI=1S/C24H29N3O5S2/c1-24(2,3)17-11-13-20(14-12-17)34(29,30)27-23-22(21(32-26-23)10-5-6-15-25-28)33-19-9-7-8-18(16-19)31-4/h7-9,11-14,16H,5-6,10,15H2,1-4H3,(H,26,27). The second-order valence-electron chi connectivity index (χ2n) is 8.75. The van der Waals surface area contributed by atoms with E-state index in [1.807, 2.05) is 36.4 Å². The number of nitroso groups, excluding NO2 is 1. The molecule has 8 nitrogen and oxygen atoms in total. The van der Waals surface area contributed by atoms with Gasteiger partial charge in [-0.2, -0.15) is 4.91 Å². The van der Waals surface area contributed by atoms with Crippen molar-refractivity contribution in [3.05, 3.63) is 64.8 Å². The summed E-state index contributed by atoms with van der Waals surface area (Å²) in [6.45, 7) is 6.42. The molecule has 1 N–H and O–H groups in total. The Labute approximate surface area is 204 Å². The SMILES string of the molecule is COc1cccc(Sc2c(NS(=O)(=O)c3ccc(C(C)(C)C)cc3)noc2CCCCN=O)c1. The van der Waals surface area contributed by atoms with Crippen LogP contribution in [0.25, 0.3) is 0 Å². The Hall–Kier alpha value is -2.85. The lowest BCUT2D eigenvalue weighted by atomic mass is 9.87. The molecule has 0 radical (unpaired) electrons. The Morgan fingerprint density at radius 3 is 2.50 bits per heavy atom. The van der Waals surface area contributed by atoms with Crippen molar-refractivity contribution in [2.24, 2.45) is 5.18 Å². The monoisotopic (exact) mass is 503 g/mol. The van der Waals surface area contributed by atoms with Gasteiger partial charge < -0.3 is 9.26 Å². The number of hydrogen-bond acceptors (Lipinski definition) is 8. The molecule has 0 saturated carbocycles. The fraction of sp³-hybridized carbons (Fsp3) is 0.375. The van der Waals surface area contributed by atoms with E-state index in [1.54, 1.807) is 19.2 Å². The van der Waals surface area contributed by atoms with Gasteiger partial charge in [-0.25, -0.2) is 8.42 Å². The third-order valence-corrected chi connectivity index (χ3v) is 7.61. The van der Waals surface area contributed by atoms with Crippen LogP contribution in [0.3, 0.4) is 0 Å². The van der Waals surface area contributed by atoms with E-state index in [2.05, 4.69) is 35.8 Å². The van der Waals surface area contributed by atoms with E-state index in [9.17, 15) is 13.3 Å². The Morgan fingerprint density at radius 2 is 1.85 bits per heavy atom. The van der Waals surface area contributed by atoms with Gasteiger partial charge in [-0.1, -0.05) is 61.1 Å². The van der Waals surface area contributed by atoms with Crippen LogP contribution in [-0.2, 0) is 21.9 Å². The van der Waals surface area contributed by atoms with Crippen molar-refractivity contribution in [3.8, 4) is 5.75 Å². The maximum Gasteiger partial charge on any atom is 0.263 e. The zero-order valence-electron chi connectivity index (χ0n) is 19.7. The second-order valence-corrected chi connectivity index (χ2v) is 11.5. The molecule has 0 aliphatic rings. The van der Waals surface area contributed by atoms with Gasteiger partial charge in [-0.15, -0.1) is 0 Å². The van der Waals surface area contributed by atoms with Gasteiger partial charge in [-0.3, -0.25) is 4.72 Å². The Morgan fingerprint density at radius 1 is 1.12 bits per heavy atom. The molecule has 0 bridgehead atoms. The zero-order valence-corrected chi connectivity index (χ0v) is 21.3. The first-order valence-corrected chi connectivity index (χ1v) is 13.2. The van der Waals surface area contributed by atoms with Crippen LogP contribution < -0.4 is 9.46 Å². The summed E-state index contributed by atoms with van der Waals surface area (Å²) in [5.74, 6) is 1.34. The molecule has 0 unspecified atom stereocenters. The van der Waals surface area contributed by atoms with Crippen LogP contribution in [0.4, 0.5) is 5.82 Å². The third-order valence-electron chi connectivity index (χ3n) is 5.14. The van der Waals surface area contributed by atoms with E-state index < -0.39 is 10.0 Å². The fourth-order valence-corrected chi connectivity index (χ4v) is 5.28. The van der Waals surface area contributed by atoms with Crippen molar-refractivity contribution in [1.82, 2.24) is 5.16 Å². The minimum absolute atomic E-state index is 0.0867. The number of benzene rings is 2. The summed E-state index contributed by atoms with van der Waals surface area (Å²) in [5, 5.41) is 6.90. The summed E-state index contributed by atoms with van der Waals surface area (Å²) in [6.07, 6.45) is 1.76. The molecule has 0 aliphatic carbocycles. The lowest BCUT2D eigenvalue weighted by molar-refractivity contribution is 0.378. The summed E-state index contributed by atoms with van der Waals surface area (Å²) in [5.41, 5.74) is 0.950. The van der Waals surface area contributed by atoms with E-state index in [1.165, 1.54) is 11.8 Å². The number of rotatable bonds is 11.